The minimum Gasteiger partial charge on any atom is -0.350 e. The molecular formula is C18H26BrNO. The van der Waals surface area contributed by atoms with Gasteiger partial charge >= 0.3 is 0 Å². The molecule has 2 atom stereocenters. The molecule has 0 spiro atoms. The van der Waals surface area contributed by atoms with Crippen LogP contribution in [0.25, 0.3) is 0 Å². The molecule has 1 aliphatic rings. The first kappa shape index (κ1) is 16.5. The van der Waals surface area contributed by atoms with E-state index < -0.39 is 0 Å². The molecule has 0 heterocycles. The van der Waals surface area contributed by atoms with Gasteiger partial charge in [-0.25, -0.2) is 0 Å². The summed E-state index contributed by atoms with van der Waals surface area (Å²) in [4.78, 5) is 12.3. The van der Waals surface area contributed by atoms with Crippen molar-refractivity contribution in [3.05, 3.63) is 35.4 Å². The molecule has 0 aliphatic heterocycles. The number of alkyl halides is 1. The molecule has 1 aromatic rings. The minimum atomic E-state index is -0.0273. The number of carbonyl (C=O) groups is 1. The van der Waals surface area contributed by atoms with Gasteiger partial charge in [0.05, 0.1) is 0 Å². The first-order chi connectivity index (χ1) is 10.0. The Labute approximate surface area is 136 Å². The van der Waals surface area contributed by atoms with Crippen molar-refractivity contribution in [2.24, 2.45) is 5.92 Å². The molecule has 1 aromatic carbocycles. The van der Waals surface area contributed by atoms with Gasteiger partial charge in [0.1, 0.15) is 0 Å². The summed E-state index contributed by atoms with van der Waals surface area (Å²) < 4.78 is 0. The van der Waals surface area contributed by atoms with Crippen LogP contribution in [0.4, 0.5) is 0 Å². The van der Waals surface area contributed by atoms with Gasteiger partial charge in [0.2, 0.25) is 5.91 Å². The maximum absolute atomic E-state index is 12.3. The molecular weight excluding hydrogens is 326 g/mol. The van der Waals surface area contributed by atoms with Crippen molar-refractivity contribution in [1.82, 2.24) is 5.32 Å². The second-order valence-corrected chi connectivity index (χ2v) is 7.15. The Bertz CT molecular complexity index is 488. The highest BCUT2D eigenvalue weighted by molar-refractivity contribution is 9.09. The number of carbonyl (C=O) groups excluding carboxylic acids is 1. The number of halogens is 1. The van der Waals surface area contributed by atoms with Crippen LogP contribution in [0.15, 0.2) is 24.3 Å². The van der Waals surface area contributed by atoms with Crippen LogP contribution >= 0.6 is 15.9 Å². The second kappa shape index (κ2) is 7.44. The molecule has 1 aliphatic carbocycles. The fourth-order valence-corrected chi connectivity index (χ4v) is 4.07. The van der Waals surface area contributed by atoms with E-state index in [1.165, 1.54) is 24.0 Å². The maximum atomic E-state index is 12.3. The molecule has 1 fully saturated rings. The number of hydrogen-bond donors (Lipinski definition) is 1. The summed E-state index contributed by atoms with van der Waals surface area (Å²) in [6.07, 6.45) is 6.09. The number of hydrogen-bond acceptors (Lipinski definition) is 1. The van der Waals surface area contributed by atoms with E-state index in [1.54, 1.807) is 0 Å². The van der Waals surface area contributed by atoms with Gasteiger partial charge in [0.25, 0.3) is 0 Å². The van der Waals surface area contributed by atoms with Gasteiger partial charge in [-0.05, 0) is 43.2 Å². The van der Waals surface area contributed by atoms with Crippen molar-refractivity contribution < 1.29 is 4.79 Å². The van der Waals surface area contributed by atoms with E-state index >= 15 is 0 Å². The number of nitrogens with one attached hydrogen (secondary N) is 1. The number of benzene rings is 1. The zero-order valence-electron chi connectivity index (χ0n) is 13.1. The molecule has 116 valence electrons. The van der Waals surface area contributed by atoms with E-state index in [1.807, 2.05) is 12.1 Å². The summed E-state index contributed by atoms with van der Waals surface area (Å²) in [7, 11) is 0. The SMILES string of the molecule is Cc1ccccc1CCC(=O)NC1(CBr)CCCC(C)C1. The topological polar surface area (TPSA) is 29.1 Å². The zero-order valence-corrected chi connectivity index (χ0v) is 14.7. The summed E-state index contributed by atoms with van der Waals surface area (Å²) in [6.45, 7) is 4.39. The van der Waals surface area contributed by atoms with Gasteiger partial charge in [-0.15, -0.1) is 0 Å². The summed E-state index contributed by atoms with van der Waals surface area (Å²) in [6, 6.07) is 8.31. The molecule has 21 heavy (non-hydrogen) atoms. The van der Waals surface area contributed by atoms with Crippen molar-refractivity contribution in [2.45, 2.75) is 57.9 Å². The van der Waals surface area contributed by atoms with Crippen LogP contribution in [0, 0.1) is 12.8 Å². The highest BCUT2D eigenvalue weighted by Crippen LogP contribution is 2.33. The molecule has 0 saturated heterocycles. The van der Waals surface area contributed by atoms with E-state index in [9.17, 15) is 4.79 Å². The van der Waals surface area contributed by atoms with Crippen LogP contribution < -0.4 is 5.32 Å². The fraction of sp³-hybridized carbons (Fsp3) is 0.611. The monoisotopic (exact) mass is 351 g/mol. The van der Waals surface area contributed by atoms with Crippen LogP contribution in [0.3, 0.4) is 0 Å². The Hall–Kier alpha value is -0.830. The summed E-state index contributed by atoms with van der Waals surface area (Å²) in [5.74, 6) is 0.889. The lowest BCUT2D eigenvalue weighted by Gasteiger charge is -2.39. The van der Waals surface area contributed by atoms with Crippen molar-refractivity contribution in [3.8, 4) is 0 Å². The first-order valence-corrected chi connectivity index (χ1v) is 9.08. The summed E-state index contributed by atoms with van der Waals surface area (Å²) in [5, 5.41) is 4.18. The van der Waals surface area contributed by atoms with Crippen LogP contribution in [-0.2, 0) is 11.2 Å². The molecule has 2 rings (SSSR count). The average Bonchev–Trinajstić information content (AvgIpc) is 2.46. The van der Waals surface area contributed by atoms with Gasteiger partial charge in [-0.1, -0.05) is 60.0 Å². The van der Waals surface area contributed by atoms with E-state index in [2.05, 4.69) is 47.2 Å². The van der Waals surface area contributed by atoms with Gasteiger partial charge < -0.3 is 5.32 Å². The van der Waals surface area contributed by atoms with Gasteiger partial charge in [-0.3, -0.25) is 4.79 Å². The Morgan fingerprint density at radius 2 is 2.19 bits per heavy atom. The molecule has 1 N–H and O–H groups in total. The van der Waals surface area contributed by atoms with Gasteiger partial charge in [-0.2, -0.15) is 0 Å². The molecule has 1 amide bonds. The standard InChI is InChI=1S/C18H26BrNO/c1-14-6-5-11-18(12-14,13-19)20-17(21)10-9-16-8-4-3-7-15(16)2/h3-4,7-8,14H,5-6,9-13H2,1-2H3,(H,20,21). The Morgan fingerprint density at radius 3 is 2.86 bits per heavy atom. The number of aryl methyl sites for hydroxylation is 2. The molecule has 0 radical (unpaired) electrons. The van der Waals surface area contributed by atoms with Crippen LogP contribution in [0.5, 0.6) is 0 Å². The van der Waals surface area contributed by atoms with Gasteiger partial charge in [0.15, 0.2) is 0 Å². The smallest absolute Gasteiger partial charge is 0.220 e. The molecule has 0 aromatic heterocycles. The number of rotatable bonds is 5. The third kappa shape index (κ3) is 4.57. The Balaban J connectivity index is 1.90. The predicted molar refractivity (Wildman–Crippen MR) is 91.8 cm³/mol. The third-order valence-electron chi connectivity index (χ3n) is 4.63. The molecule has 2 nitrogen and oxygen atoms in total. The largest absolute Gasteiger partial charge is 0.350 e. The zero-order chi connectivity index (χ0) is 15.3. The molecule has 0 bridgehead atoms. The van der Waals surface area contributed by atoms with Crippen molar-refractivity contribution in [3.63, 3.8) is 0 Å². The highest BCUT2D eigenvalue weighted by Gasteiger charge is 2.35. The summed E-state index contributed by atoms with van der Waals surface area (Å²) >= 11 is 3.62. The quantitative estimate of drug-likeness (QED) is 0.783. The summed E-state index contributed by atoms with van der Waals surface area (Å²) in [5.41, 5.74) is 2.52. The van der Waals surface area contributed by atoms with E-state index in [-0.39, 0.29) is 11.4 Å². The first-order valence-electron chi connectivity index (χ1n) is 7.96. The van der Waals surface area contributed by atoms with Crippen LogP contribution in [0.2, 0.25) is 0 Å². The lowest BCUT2D eigenvalue weighted by atomic mass is 9.77. The van der Waals surface area contributed by atoms with Crippen molar-refractivity contribution in [1.29, 1.82) is 0 Å². The molecule has 2 unspecified atom stereocenters. The maximum Gasteiger partial charge on any atom is 0.220 e. The third-order valence-corrected chi connectivity index (χ3v) is 5.71. The Morgan fingerprint density at radius 1 is 1.43 bits per heavy atom. The van der Waals surface area contributed by atoms with Gasteiger partial charge in [0, 0.05) is 17.3 Å². The van der Waals surface area contributed by atoms with Crippen LogP contribution in [0.1, 0.15) is 50.2 Å². The average molecular weight is 352 g/mol. The fourth-order valence-electron chi connectivity index (χ4n) is 3.43. The van der Waals surface area contributed by atoms with Crippen molar-refractivity contribution in [2.75, 3.05) is 5.33 Å². The molecule has 1 saturated carbocycles. The number of amides is 1. The Kier molecular flexibility index (Phi) is 5.86. The van der Waals surface area contributed by atoms with Crippen LogP contribution in [-0.4, -0.2) is 16.8 Å². The van der Waals surface area contributed by atoms with E-state index in [0.717, 1.165) is 24.6 Å². The lowest BCUT2D eigenvalue weighted by Crippen LogP contribution is -2.52. The molecule has 3 heteroatoms. The van der Waals surface area contributed by atoms with E-state index in [0.29, 0.717) is 12.3 Å². The lowest BCUT2D eigenvalue weighted by molar-refractivity contribution is -0.123. The van der Waals surface area contributed by atoms with E-state index in [4.69, 9.17) is 0 Å². The predicted octanol–water partition coefficient (Wildman–Crippen LogP) is 4.39. The minimum absolute atomic E-state index is 0.0273. The highest BCUT2D eigenvalue weighted by atomic mass is 79.9. The normalized spacial score (nSPS) is 25.6. The van der Waals surface area contributed by atoms with Crippen molar-refractivity contribution >= 4 is 21.8 Å². The second-order valence-electron chi connectivity index (χ2n) is 6.59.